The van der Waals surface area contributed by atoms with E-state index in [-0.39, 0.29) is 10.3 Å². The summed E-state index contributed by atoms with van der Waals surface area (Å²) < 4.78 is 32.7. The van der Waals surface area contributed by atoms with Gasteiger partial charge in [0.1, 0.15) is 0 Å². The lowest BCUT2D eigenvalue weighted by Gasteiger charge is -2.32. The van der Waals surface area contributed by atoms with Gasteiger partial charge in [-0.2, -0.15) is 8.42 Å². The van der Waals surface area contributed by atoms with Crippen LogP contribution in [0.15, 0.2) is 71.2 Å². The third kappa shape index (κ3) is 6.05. The largest absolute Gasteiger partial charge is 0.294 e. The normalized spacial score (nSPS) is 17.1. The maximum absolute atomic E-state index is 11.6. The Hall–Kier alpha value is -1.91. The number of rotatable bonds is 8. The minimum Gasteiger partial charge on any atom is -0.282 e. The smallest absolute Gasteiger partial charge is 0.282 e. The van der Waals surface area contributed by atoms with Crippen LogP contribution in [0.3, 0.4) is 0 Å². The van der Waals surface area contributed by atoms with Crippen molar-refractivity contribution in [1.29, 1.82) is 0 Å². The van der Waals surface area contributed by atoms with E-state index in [2.05, 4.69) is 52.0 Å². The molecule has 1 aromatic rings. The number of hydrogen-bond donors (Lipinski definition) is 1. The zero-order chi connectivity index (χ0) is 20.8. The van der Waals surface area contributed by atoms with Crippen LogP contribution >= 0.6 is 0 Å². The third-order valence-electron chi connectivity index (χ3n) is 5.74. The molecular formula is C24H32O3S. The number of benzene rings is 1. The second-order valence-electron chi connectivity index (χ2n) is 8.25. The molecule has 0 amide bonds. The van der Waals surface area contributed by atoms with Gasteiger partial charge in [0.2, 0.25) is 0 Å². The van der Waals surface area contributed by atoms with E-state index >= 15 is 0 Å². The van der Waals surface area contributed by atoms with E-state index < -0.39 is 10.1 Å². The second kappa shape index (κ2) is 9.53. The Bertz CT molecular complexity index is 898. The topological polar surface area (TPSA) is 54.4 Å². The summed E-state index contributed by atoms with van der Waals surface area (Å²) in [6, 6.07) is 5.04. The van der Waals surface area contributed by atoms with Crippen molar-refractivity contribution < 1.29 is 13.0 Å². The Balaban J connectivity index is 2.14. The molecular weight excluding hydrogens is 368 g/mol. The number of hydrogen-bond acceptors (Lipinski definition) is 2. The molecule has 28 heavy (non-hydrogen) atoms. The molecule has 0 bridgehead atoms. The van der Waals surface area contributed by atoms with Crippen LogP contribution in [0.2, 0.25) is 0 Å². The molecule has 1 aromatic carbocycles. The fraction of sp³-hybridized carbons (Fsp3) is 0.417. The molecule has 3 nitrogen and oxygen atoms in total. The van der Waals surface area contributed by atoms with Crippen molar-refractivity contribution in [3.63, 3.8) is 0 Å². The molecule has 0 unspecified atom stereocenters. The average molecular weight is 401 g/mol. The van der Waals surface area contributed by atoms with Gasteiger partial charge in [0, 0.05) is 0 Å². The SMILES string of the molecule is CC(C)C(C)(C)c1cc(S(=O)(=O)O)ccc1CCCCC1=C/C=C\C=C/C=C1. The molecule has 0 saturated heterocycles. The minimum atomic E-state index is -4.20. The maximum Gasteiger partial charge on any atom is 0.294 e. The van der Waals surface area contributed by atoms with Gasteiger partial charge in [0.05, 0.1) is 4.90 Å². The summed E-state index contributed by atoms with van der Waals surface area (Å²) in [5, 5.41) is 0. The van der Waals surface area contributed by atoms with Crippen molar-refractivity contribution >= 4 is 10.1 Å². The molecule has 0 saturated carbocycles. The Morgan fingerprint density at radius 2 is 1.61 bits per heavy atom. The lowest BCUT2D eigenvalue weighted by Crippen LogP contribution is -2.26. The number of aryl methyl sites for hydroxylation is 1. The highest BCUT2D eigenvalue weighted by atomic mass is 32.2. The van der Waals surface area contributed by atoms with E-state index in [1.54, 1.807) is 6.07 Å². The summed E-state index contributed by atoms with van der Waals surface area (Å²) in [6.07, 6.45) is 18.5. The molecule has 1 aliphatic rings. The first kappa shape index (κ1) is 22.4. The van der Waals surface area contributed by atoms with Gasteiger partial charge >= 0.3 is 0 Å². The second-order valence-corrected chi connectivity index (χ2v) is 9.67. The van der Waals surface area contributed by atoms with Gasteiger partial charge in [-0.3, -0.25) is 4.55 Å². The van der Waals surface area contributed by atoms with Crippen molar-refractivity contribution in [2.24, 2.45) is 5.92 Å². The van der Waals surface area contributed by atoms with Crippen molar-refractivity contribution in [2.75, 3.05) is 0 Å². The summed E-state index contributed by atoms with van der Waals surface area (Å²) in [6.45, 7) is 8.54. The van der Waals surface area contributed by atoms with Crippen LogP contribution in [0, 0.1) is 5.92 Å². The Kier molecular flexibility index (Phi) is 7.62. The van der Waals surface area contributed by atoms with Crippen molar-refractivity contribution in [3.05, 3.63) is 77.4 Å². The fourth-order valence-corrected chi connectivity index (χ4v) is 3.77. The first-order chi connectivity index (χ1) is 13.1. The highest BCUT2D eigenvalue weighted by Gasteiger charge is 2.28. The highest BCUT2D eigenvalue weighted by molar-refractivity contribution is 7.85. The predicted octanol–water partition coefficient (Wildman–Crippen LogP) is 6.19. The standard InChI is InChI=1S/C24H32O3S/c1-19(2)24(3,4)23-18-22(28(25,26)27)17-16-21(23)15-11-10-14-20-12-8-6-5-7-9-13-20/h5-9,12-13,16-19H,10-11,14-15H2,1-4H3,(H,25,26,27)/b6-5-,7-5?,8-6?,9-7-,12-8?,13-9?,20-12?,20-13?. The van der Waals surface area contributed by atoms with Crippen LogP contribution in [-0.2, 0) is 22.0 Å². The third-order valence-corrected chi connectivity index (χ3v) is 6.59. The number of unbranched alkanes of at least 4 members (excludes halogenated alkanes) is 1. The van der Waals surface area contributed by atoms with E-state index in [4.69, 9.17) is 0 Å². The van der Waals surface area contributed by atoms with Gasteiger partial charge in [0.15, 0.2) is 0 Å². The summed E-state index contributed by atoms with van der Waals surface area (Å²) in [7, 11) is -4.20. The van der Waals surface area contributed by atoms with Crippen LogP contribution in [0.25, 0.3) is 0 Å². The Morgan fingerprint density at radius 1 is 0.964 bits per heavy atom. The van der Waals surface area contributed by atoms with Gasteiger partial charge in [-0.1, -0.05) is 76.3 Å². The van der Waals surface area contributed by atoms with Crippen LogP contribution in [0.5, 0.6) is 0 Å². The van der Waals surface area contributed by atoms with Gasteiger partial charge in [-0.05, 0) is 65.8 Å². The van der Waals surface area contributed by atoms with E-state index in [1.165, 1.54) is 11.6 Å². The van der Waals surface area contributed by atoms with Crippen molar-refractivity contribution in [1.82, 2.24) is 0 Å². The van der Waals surface area contributed by atoms with E-state index in [9.17, 15) is 13.0 Å². The summed E-state index contributed by atoms with van der Waals surface area (Å²) in [5.41, 5.74) is 3.30. The molecule has 4 heteroatoms. The average Bonchev–Trinajstić information content (AvgIpc) is 2.59. The summed E-state index contributed by atoms with van der Waals surface area (Å²) in [5.74, 6) is 0.341. The number of allylic oxidation sites excluding steroid dienone is 8. The summed E-state index contributed by atoms with van der Waals surface area (Å²) in [4.78, 5) is -0.0235. The molecule has 1 N–H and O–H groups in total. The molecule has 0 fully saturated rings. The maximum atomic E-state index is 11.6. The Morgan fingerprint density at radius 3 is 2.29 bits per heavy atom. The molecule has 0 aliphatic heterocycles. The van der Waals surface area contributed by atoms with E-state index in [1.807, 2.05) is 24.3 Å². The van der Waals surface area contributed by atoms with Gasteiger partial charge in [-0.25, -0.2) is 0 Å². The van der Waals surface area contributed by atoms with Crippen molar-refractivity contribution in [2.45, 2.75) is 63.7 Å². The first-order valence-electron chi connectivity index (χ1n) is 9.94. The monoisotopic (exact) mass is 400 g/mol. The molecule has 0 aromatic heterocycles. The molecule has 2 rings (SSSR count). The zero-order valence-electron chi connectivity index (χ0n) is 17.4. The van der Waals surface area contributed by atoms with Gasteiger partial charge < -0.3 is 0 Å². The molecule has 0 atom stereocenters. The predicted molar refractivity (Wildman–Crippen MR) is 117 cm³/mol. The zero-order valence-corrected chi connectivity index (χ0v) is 18.2. The lowest BCUT2D eigenvalue weighted by atomic mass is 9.73. The van der Waals surface area contributed by atoms with Crippen LogP contribution < -0.4 is 0 Å². The fourth-order valence-electron chi connectivity index (χ4n) is 3.26. The molecule has 1 aliphatic carbocycles. The van der Waals surface area contributed by atoms with Gasteiger partial charge in [-0.15, -0.1) is 0 Å². The first-order valence-corrected chi connectivity index (χ1v) is 11.4. The van der Waals surface area contributed by atoms with E-state index in [0.717, 1.165) is 36.8 Å². The molecule has 0 radical (unpaired) electrons. The quantitative estimate of drug-likeness (QED) is 0.418. The molecule has 152 valence electrons. The van der Waals surface area contributed by atoms with Crippen LogP contribution in [0.1, 0.15) is 58.1 Å². The van der Waals surface area contributed by atoms with E-state index in [0.29, 0.717) is 5.92 Å². The van der Waals surface area contributed by atoms with Crippen LogP contribution in [-0.4, -0.2) is 13.0 Å². The summed E-state index contributed by atoms with van der Waals surface area (Å²) >= 11 is 0. The van der Waals surface area contributed by atoms with Gasteiger partial charge in [0.25, 0.3) is 10.1 Å². The lowest BCUT2D eigenvalue weighted by molar-refractivity contribution is 0.368. The minimum absolute atomic E-state index is 0.0235. The van der Waals surface area contributed by atoms with Crippen LogP contribution in [0.4, 0.5) is 0 Å². The molecule has 0 spiro atoms. The Labute approximate surface area is 170 Å². The highest BCUT2D eigenvalue weighted by Crippen LogP contribution is 2.35. The molecule has 0 heterocycles. The van der Waals surface area contributed by atoms with Crippen molar-refractivity contribution in [3.8, 4) is 0 Å².